The fourth-order valence-electron chi connectivity index (χ4n) is 4.89. The Bertz CT molecular complexity index is 1290. The normalized spacial score (nSPS) is 18.3. The van der Waals surface area contributed by atoms with Crippen LogP contribution in [0.5, 0.6) is 0 Å². The molecule has 2 aliphatic heterocycles. The third-order valence-corrected chi connectivity index (χ3v) is 6.84. The number of benzene rings is 1. The first-order chi connectivity index (χ1) is 18.6. The summed E-state index contributed by atoms with van der Waals surface area (Å²) in [6.07, 6.45) is -5.12. The second kappa shape index (κ2) is 10.9. The molecule has 0 radical (unpaired) electrons. The van der Waals surface area contributed by atoms with E-state index in [-0.39, 0.29) is 24.9 Å². The molecule has 208 valence electrons. The molecule has 1 saturated heterocycles. The minimum Gasteiger partial charge on any atom is -0.355 e. The Hall–Kier alpha value is -3.61. The van der Waals surface area contributed by atoms with Crippen molar-refractivity contribution >= 4 is 23.3 Å². The maximum atomic E-state index is 13.7. The fourth-order valence-corrected chi connectivity index (χ4v) is 4.89. The Morgan fingerprint density at radius 2 is 1.69 bits per heavy atom. The Balaban J connectivity index is 1.45. The van der Waals surface area contributed by atoms with E-state index in [2.05, 4.69) is 25.9 Å². The standard InChI is InChI=1S/C26H27F6N7/c27-25(28,29)16-5-7-17(8-6-16)35-22-19-9-13-39(23-20(26(30,31)32)4-2-12-34-23)14-10-21(19)37-24(38-22)36-18-3-1-11-33-15-18/h2,4-8,12,18,33H,1,3,9-11,13-15H2,(H2,35,36,37,38). The zero-order valence-electron chi connectivity index (χ0n) is 20.8. The van der Waals surface area contributed by atoms with Crippen LogP contribution in [0.15, 0.2) is 42.6 Å². The summed E-state index contributed by atoms with van der Waals surface area (Å²) in [4.78, 5) is 15.0. The van der Waals surface area contributed by atoms with Gasteiger partial charge in [-0.15, -0.1) is 0 Å². The lowest BCUT2D eigenvalue weighted by atomic mass is 10.1. The first-order valence-corrected chi connectivity index (χ1v) is 12.7. The second-order valence-corrected chi connectivity index (χ2v) is 9.57. The topological polar surface area (TPSA) is 78.0 Å². The highest BCUT2D eigenvalue weighted by atomic mass is 19.4. The van der Waals surface area contributed by atoms with Gasteiger partial charge in [0.05, 0.1) is 16.8 Å². The van der Waals surface area contributed by atoms with Crippen molar-refractivity contribution in [3.05, 3.63) is 65.0 Å². The fraction of sp³-hybridized carbons (Fsp3) is 0.423. The van der Waals surface area contributed by atoms with Gasteiger partial charge < -0.3 is 20.9 Å². The van der Waals surface area contributed by atoms with Gasteiger partial charge in [0.2, 0.25) is 5.95 Å². The molecule has 1 aromatic carbocycles. The number of alkyl halides is 6. The van der Waals surface area contributed by atoms with E-state index in [9.17, 15) is 26.3 Å². The Labute approximate surface area is 221 Å². The van der Waals surface area contributed by atoms with E-state index in [4.69, 9.17) is 4.98 Å². The van der Waals surface area contributed by atoms with Crippen LogP contribution in [0.25, 0.3) is 0 Å². The quantitative estimate of drug-likeness (QED) is 0.366. The number of nitrogens with zero attached hydrogens (tertiary/aromatic N) is 4. The van der Waals surface area contributed by atoms with Gasteiger partial charge in [0.1, 0.15) is 11.6 Å². The van der Waals surface area contributed by atoms with Gasteiger partial charge in [-0.05, 0) is 62.2 Å². The van der Waals surface area contributed by atoms with E-state index in [1.165, 1.54) is 24.4 Å². The number of fused-ring (bicyclic) bond motifs is 1. The van der Waals surface area contributed by atoms with Gasteiger partial charge >= 0.3 is 12.4 Å². The van der Waals surface area contributed by atoms with Crippen LogP contribution in [0, 0.1) is 0 Å². The summed E-state index contributed by atoms with van der Waals surface area (Å²) in [7, 11) is 0. The predicted molar refractivity (Wildman–Crippen MR) is 135 cm³/mol. The van der Waals surface area contributed by atoms with Crippen molar-refractivity contribution in [1.29, 1.82) is 0 Å². The first-order valence-electron chi connectivity index (χ1n) is 12.7. The summed E-state index contributed by atoms with van der Waals surface area (Å²) < 4.78 is 80.1. The van der Waals surface area contributed by atoms with Crippen LogP contribution in [0.3, 0.4) is 0 Å². The molecule has 13 heteroatoms. The van der Waals surface area contributed by atoms with Crippen molar-refractivity contribution in [2.24, 2.45) is 0 Å². The molecule has 0 spiro atoms. The first kappa shape index (κ1) is 27.0. The molecule has 2 aliphatic rings. The third kappa shape index (κ3) is 6.35. The summed E-state index contributed by atoms with van der Waals surface area (Å²) >= 11 is 0. The lowest BCUT2D eigenvalue weighted by Gasteiger charge is -2.24. The van der Waals surface area contributed by atoms with Crippen LogP contribution in [0.2, 0.25) is 0 Å². The smallest absolute Gasteiger partial charge is 0.355 e. The van der Waals surface area contributed by atoms with E-state index in [0.717, 1.165) is 44.1 Å². The predicted octanol–water partition coefficient (Wildman–Crippen LogP) is 5.42. The summed E-state index contributed by atoms with van der Waals surface area (Å²) in [5.41, 5.74) is 0.191. The molecule has 4 heterocycles. The molecule has 7 nitrogen and oxygen atoms in total. The number of piperidine rings is 1. The zero-order chi connectivity index (χ0) is 27.6. The molecule has 5 rings (SSSR count). The molecule has 1 atom stereocenters. The maximum absolute atomic E-state index is 13.7. The van der Waals surface area contributed by atoms with Crippen molar-refractivity contribution in [2.45, 2.75) is 44.1 Å². The largest absolute Gasteiger partial charge is 0.419 e. The van der Waals surface area contributed by atoms with Crippen LogP contribution in [-0.2, 0) is 25.2 Å². The molecule has 3 N–H and O–H groups in total. The summed E-state index contributed by atoms with van der Waals surface area (Å²) in [5, 5.41) is 9.76. The SMILES string of the molecule is FC(F)(F)c1ccc(Nc2nc(NC3CCCNC3)nc3c2CCN(c2ncccc2C(F)(F)F)CC3)cc1. The minimum absolute atomic E-state index is 0.0980. The number of hydrogen-bond acceptors (Lipinski definition) is 7. The lowest BCUT2D eigenvalue weighted by molar-refractivity contribution is -0.138. The third-order valence-electron chi connectivity index (χ3n) is 6.84. The number of hydrogen-bond donors (Lipinski definition) is 3. The average molecular weight is 552 g/mol. The van der Waals surface area contributed by atoms with Crippen LogP contribution in [0.4, 0.5) is 49.6 Å². The van der Waals surface area contributed by atoms with Crippen LogP contribution >= 0.6 is 0 Å². The molecule has 1 fully saturated rings. The molecule has 0 saturated carbocycles. The van der Waals surface area contributed by atoms with Gasteiger partial charge in [0.25, 0.3) is 0 Å². The molecule has 2 aromatic heterocycles. The number of aromatic nitrogens is 3. The van der Waals surface area contributed by atoms with Gasteiger partial charge in [-0.25, -0.2) is 9.97 Å². The Morgan fingerprint density at radius 3 is 2.38 bits per heavy atom. The molecule has 0 amide bonds. The zero-order valence-corrected chi connectivity index (χ0v) is 20.8. The molecule has 3 aromatic rings. The number of anilines is 4. The van der Waals surface area contributed by atoms with Gasteiger partial charge in [-0.1, -0.05) is 0 Å². The second-order valence-electron chi connectivity index (χ2n) is 9.57. The van der Waals surface area contributed by atoms with E-state index in [0.29, 0.717) is 41.6 Å². The summed E-state index contributed by atoms with van der Waals surface area (Å²) in [6.45, 7) is 2.15. The van der Waals surface area contributed by atoms with Crippen molar-refractivity contribution in [1.82, 2.24) is 20.3 Å². The van der Waals surface area contributed by atoms with Crippen molar-refractivity contribution in [2.75, 3.05) is 41.7 Å². The minimum atomic E-state index is -4.55. The maximum Gasteiger partial charge on any atom is 0.419 e. The monoisotopic (exact) mass is 551 g/mol. The molecular formula is C26H27F6N7. The molecular weight excluding hydrogens is 524 g/mol. The highest BCUT2D eigenvalue weighted by Crippen LogP contribution is 2.36. The number of nitrogens with one attached hydrogen (secondary N) is 3. The molecule has 1 unspecified atom stereocenters. The summed E-state index contributed by atoms with van der Waals surface area (Å²) in [6, 6.07) is 6.98. The highest BCUT2D eigenvalue weighted by molar-refractivity contribution is 5.63. The molecule has 39 heavy (non-hydrogen) atoms. The number of rotatable bonds is 5. The van der Waals surface area contributed by atoms with Crippen molar-refractivity contribution < 1.29 is 26.3 Å². The average Bonchev–Trinajstić information content (AvgIpc) is 3.12. The van der Waals surface area contributed by atoms with E-state index < -0.39 is 23.5 Å². The Kier molecular flexibility index (Phi) is 7.52. The van der Waals surface area contributed by atoms with Gasteiger partial charge in [0, 0.05) is 49.5 Å². The van der Waals surface area contributed by atoms with Crippen molar-refractivity contribution in [3.8, 4) is 0 Å². The highest BCUT2D eigenvalue weighted by Gasteiger charge is 2.36. The lowest BCUT2D eigenvalue weighted by Crippen LogP contribution is -2.39. The number of pyridine rings is 1. The van der Waals surface area contributed by atoms with E-state index >= 15 is 0 Å². The van der Waals surface area contributed by atoms with Crippen molar-refractivity contribution in [3.63, 3.8) is 0 Å². The Morgan fingerprint density at radius 1 is 0.923 bits per heavy atom. The van der Waals surface area contributed by atoms with Gasteiger partial charge in [-0.3, -0.25) is 0 Å². The van der Waals surface area contributed by atoms with Crippen LogP contribution in [0.1, 0.15) is 35.2 Å². The molecule has 0 bridgehead atoms. The van der Waals surface area contributed by atoms with E-state index in [1.807, 2.05) is 0 Å². The number of halogens is 6. The van der Waals surface area contributed by atoms with Crippen LogP contribution < -0.4 is 20.9 Å². The van der Waals surface area contributed by atoms with Gasteiger partial charge in [0.15, 0.2) is 0 Å². The van der Waals surface area contributed by atoms with Crippen LogP contribution in [-0.4, -0.2) is 47.2 Å². The van der Waals surface area contributed by atoms with Gasteiger partial charge in [-0.2, -0.15) is 31.3 Å². The van der Waals surface area contributed by atoms with E-state index in [1.54, 1.807) is 4.90 Å². The summed E-state index contributed by atoms with van der Waals surface area (Å²) in [5.74, 6) is 0.624. The molecule has 0 aliphatic carbocycles.